The summed E-state index contributed by atoms with van der Waals surface area (Å²) in [6.07, 6.45) is 2.20. The fourth-order valence-electron chi connectivity index (χ4n) is 1.43. The summed E-state index contributed by atoms with van der Waals surface area (Å²) in [5, 5.41) is 3.26. The summed E-state index contributed by atoms with van der Waals surface area (Å²) in [6.45, 7) is 1.94. The van der Waals surface area contributed by atoms with Gasteiger partial charge in [0.05, 0.1) is 0 Å². The second kappa shape index (κ2) is 2.99. The molecule has 2 heteroatoms. The Morgan fingerprint density at radius 2 is 2.25 bits per heavy atom. The molecule has 0 amide bonds. The van der Waals surface area contributed by atoms with Crippen LogP contribution in [0.15, 0.2) is 30.3 Å². The van der Waals surface area contributed by atoms with Crippen molar-refractivity contribution >= 4 is 11.3 Å². The average Bonchev–Trinajstić information content (AvgIpc) is 2.56. The number of nitrogen functional groups attached to an aromatic ring is 1. The van der Waals surface area contributed by atoms with Crippen LogP contribution in [0.5, 0.6) is 0 Å². The predicted molar refractivity (Wildman–Crippen MR) is 51.7 cm³/mol. The zero-order valence-corrected chi connectivity index (χ0v) is 6.88. The van der Waals surface area contributed by atoms with Gasteiger partial charge in [0.1, 0.15) is 0 Å². The van der Waals surface area contributed by atoms with Gasteiger partial charge in [0.15, 0.2) is 0 Å². The Labute approximate surface area is 72.1 Å². The molecule has 0 aliphatic carbocycles. The topological polar surface area (TPSA) is 38.0 Å². The molecule has 1 aliphatic rings. The Morgan fingerprint density at radius 3 is 2.92 bits per heavy atom. The zero-order chi connectivity index (χ0) is 8.39. The van der Waals surface area contributed by atoms with Gasteiger partial charge in [0.25, 0.3) is 0 Å². The van der Waals surface area contributed by atoms with Crippen molar-refractivity contribution < 1.29 is 0 Å². The van der Waals surface area contributed by atoms with Crippen molar-refractivity contribution in [1.29, 1.82) is 0 Å². The van der Waals surface area contributed by atoms with Gasteiger partial charge in [-0.3, -0.25) is 0 Å². The van der Waals surface area contributed by atoms with Crippen LogP contribution in [-0.2, 0) is 0 Å². The number of rotatable bonds is 1. The van der Waals surface area contributed by atoms with E-state index in [0.717, 1.165) is 18.8 Å². The summed E-state index contributed by atoms with van der Waals surface area (Å²) in [5.74, 6) is 0. The van der Waals surface area contributed by atoms with E-state index in [0.29, 0.717) is 0 Å². The molecule has 2 nitrogen and oxygen atoms in total. The van der Waals surface area contributed by atoms with Crippen molar-refractivity contribution in [3.8, 4) is 0 Å². The number of nitrogens with two attached hydrogens (primary N) is 1. The molecule has 12 heavy (non-hydrogen) atoms. The standard InChI is InChI=1S/C10H12N2/c11-10-3-1-2-8(6-10)9-4-5-12-7-9/h1-4,6,12H,5,7,11H2. The molecule has 0 saturated heterocycles. The Morgan fingerprint density at radius 1 is 1.33 bits per heavy atom. The molecule has 0 unspecified atom stereocenters. The molecule has 3 N–H and O–H groups in total. The Bertz CT molecular complexity index is 315. The minimum Gasteiger partial charge on any atom is -0.399 e. The van der Waals surface area contributed by atoms with Crippen LogP contribution in [0.3, 0.4) is 0 Å². The van der Waals surface area contributed by atoms with E-state index < -0.39 is 0 Å². The normalized spacial score (nSPS) is 16.2. The maximum Gasteiger partial charge on any atom is 0.0320 e. The van der Waals surface area contributed by atoms with Gasteiger partial charge >= 0.3 is 0 Å². The number of hydrogen-bond acceptors (Lipinski definition) is 2. The van der Waals surface area contributed by atoms with E-state index in [1.165, 1.54) is 11.1 Å². The quantitative estimate of drug-likeness (QED) is 0.607. The molecule has 0 fully saturated rings. The second-order valence-corrected chi connectivity index (χ2v) is 2.99. The van der Waals surface area contributed by atoms with E-state index >= 15 is 0 Å². The predicted octanol–water partition coefficient (Wildman–Crippen LogP) is 1.26. The lowest BCUT2D eigenvalue weighted by atomic mass is 10.1. The molecule has 0 saturated carbocycles. The van der Waals surface area contributed by atoms with Gasteiger partial charge in [-0.2, -0.15) is 0 Å². The summed E-state index contributed by atoms with van der Waals surface area (Å²) >= 11 is 0. The van der Waals surface area contributed by atoms with Crippen LogP contribution in [0.2, 0.25) is 0 Å². The smallest absolute Gasteiger partial charge is 0.0320 e. The van der Waals surface area contributed by atoms with E-state index in [9.17, 15) is 0 Å². The van der Waals surface area contributed by atoms with Crippen LogP contribution in [-0.4, -0.2) is 13.1 Å². The van der Waals surface area contributed by atoms with Crippen molar-refractivity contribution in [2.24, 2.45) is 0 Å². The summed E-state index contributed by atoms with van der Waals surface area (Å²) in [4.78, 5) is 0. The van der Waals surface area contributed by atoms with E-state index in [1.807, 2.05) is 18.2 Å². The summed E-state index contributed by atoms with van der Waals surface area (Å²) in [7, 11) is 0. The highest BCUT2D eigenvalue weighted by atomic mass is 14.9. The third-order valence-electron chi connectivity index (χ3n) is 2.07. The van der Waals surface area contributed by atoms with Crippen LogP contribution >= 0.6 is 0 Å². The van der Waals surface area contributed by atoms with E-state index in [4.69, 9.17) is 5.73 Å². The minimum absolute atomic E-state index is 0.834. The fraction of sp³-hybridized carbons (Fsp3) is 0.200. The molecule has 0 aromatic heterocycles. The molecule has 0 radical (unpaired) electrons. The monoisotopic (exact) mass is 160 g/mol. The summed E-state index contributed by atoms with van der Waals surface area (Å²) in [5.41, 5.74) is 9.10. The van der Waals surface area contributed by atoms with Crippen molar-refractivity contribution in [3.63, 3.8) is 0 Å². The molecule has 0 bridgehead atoms. The Hall–Kier alpha value is -1.28. The van der Waals surface area contributed by atoms with Gasteiger partial charge in [0, 0.05) is 18.8 Å². The summed E-state index contributed by atoms with van der Waals surface area (Å²) in [6, 6.07) is 8.00. The highest BCUT2D eigenvalue weighted by molar-refractivity contribution is 5.70. The zero-order valence-electron chi connectivity index (χ0n) is 6.88. The third-order valence-corrected chi connectivity index (χ3v) is 2.07. The number of benzene rings is 1. The van der Waals surface area contributed by atoms with Gasteiger partial charge in [-0.15, -0.1) is 0 Å². The van der Waals surface area contributed by atoms with E-state index in [2.05, 4.69) is 17.5 Å². The number of hydrogen-bond donors (Lipinski definition) is 2. The lowest BCUT2D eigenvalue weighted by Gasteiger charge is -2.02. The molecule has 1 aromatic carbocycles. The van der Waals surface area contributed by atoms with E-state index in [1.54, 1.807) is 0 Å². The molecule has 62 valence electrons. The molecule has 1 aliphatic heterocycles. The largest absolute Gasteiger partial charge is 0.399 e. The first-order valence-corrected chi connectivity index (χ1v) is 4.12. The first-order chi connectivity index (χ1) is 5.86. The SMILES string of the molecule is Nc1cccc(C2=CCNC2)c1. The van der Waals surface area contributed by atoms with Crippen LogP contribution in [0.4, 0.5) is 5.69 Å². The van der Waals surface area contributed by atoms with Crippen molar-refractivity contribution in [2.45, 2.75) is 0 Å². The van der Waals surface area contributed by atoms with Crippen molar-refractivity contribution in [1.82, 2.24) is 5.32 Å². The van der Waals surface area contributed by atoms with Gasteiger partial charge in [0.2, 0.25) is 0 Å². The van der Waals surface area contributed by atoms with Gasteiger partial charge in [-0.1, -0.05) is 18.2 Å². The molecule has 2 rings (SSSR count). The lowest BCUT2D eigenvalue weighted by molar-refractivity contribution is 0.897. The molecule has 0 spiro atoms. The first-order valence-electron chi connectivity index (χ1n) is 4.12. The molecular formula is C10H12N2. The molecular weight excluding hydrogens is 148 g/mol. The molecule has 1 aromatic rings. The second-order valence-electron chi connectivity index (χ2n) is 2.99. The Kier molecular flexibility index (Phi) is 1.84. The third kappa shape index (κ3) is 1.34. The average molecular weight is 160 g/mol. The highest BCUT2D eigenvalue weighted by Crippen LogP contribution is 2.18. The van der Waals surface area contributed by atoms with E-state index in [-0.39, 0.29) is 0 Å². The van der Waals surface area contributed by atoms with Gasteiger partial charge in [-0.05, 0) is 23.3 Å². The molecule has 1 heterocycles. The first kappa shape index (κ1) is 7.37. The van der Waals surface area contributed by atoms with Crippen LogP contribution < -0.4 is 11.1 Å². The lowest BCUT2D eigenvalue weighted by Crippen LogP contribution is -2.07. The van der Waals surface area contributed by atoms with Gasteiger partial charge in [-0.25, -0.2) is 0 Å². The number of anilines is 1. The molecule has 0 atom stereocenters. The number of nitrogens with one attached hydrogen (secondary N) is 1. The maximum atomic E-state index is 5.68. The van der Waals surface area contributed by atoms with Gasteiger partial charge < -0.3 is 11.1 Å². The van der Waals surface area contributed by atoms with Crippen molar-refractivity contribution in [3.05, 3.63) is 35.9 Å². The highest BCUT2D eigenvalue weighted by Gasteiger charge is 2.05. The fourth-order valence-corrected chi connectivity index (χ4v) is 1.43. The van der Waals surface area contributed by atoms with Crippen LogP contribution in [0, 0.1) is 0 Å². The van der Waals surface area contributed by atoms with Crippen molar-refractivity contribution in [2.75, 3.05) is 18.8 Å². The van der Waals surface area contributed by atoms with Crippen LogP contribution in [0.25, 0.3) is 5.57 Å². The minimum atomic E-state index is 0.834. The van der Waals surface area contributed by atoms with Crippen LogP contribution in [0.1, 0.15) is 5.56 Å². The maximum absolute atomic E-state index is 5.68. The summed E-state index contributed by atoms with van der Waals surface area (Å²) < 4.78 is 0. The Balaban J connectivity index is 2.33.